The van der Waals surface area contributed by atoms with Crippen molar-refractivity contribution in [1.82, 2.24) is 8.75 Å². The number of non-ortho nitro benzene ring substituents is 1. The van der Waals surface area contributed by atoms with Crippen LogP contribution in [0.1, 0.15) is 5.56 Å². The fourth-order valence-corrected chi connectivity index (χ4v) is 2.73. The maximum Gasteiger partial charge on any atom is 0.331 e. The molecule has 27 heavy (non-hydrogen) atoms. The van der Waals surface area contributed by atoms with Gasteiger partial charge in [0.25, 0.3) is 11.6 Å². The van der Waals surface area contributed by atoms with E-state index in [0.717, 1.165) is 17.8 Å². The van der Waals surface area contributed by atoms with Crippen molar-refractivity contribution in [2.45, 2.75) is 0 Å². The minimum Gasteiger partial charge on any atom is -0.452 e. The Kier molecular flexibility index (Phi) is 5.47. The maximum atomic E-state index is 11.9. The number of aromatic nitrogens is 2. The van der Waals surface area contributed by atoms with Gasteiger partial charge in [0.1, 0.15) is 11.0 Å². The van der Waals surface area contributed by atoms with Crippen molar-refractivity contribution in [3.05, 3.63) is 64.2 Å². The lowest BCUT2D eigenvalue weighted by atomic mass is 10.2. The summed E-state index contributed by atoms with van der Waals surface area (Å²) in [7, 11) is 0. The highest BCUT2D eigenvalue weighted by atomic mass is 32.1. The molecule has 1 aromatic heterocycles. The van der Waals surface area contributed by atoms with Gasteiger partial charge in [-0.1, -0.05) is 18.2 Å². The Bertz CT molecular complexity index is 1050. The molecule has 0 fully saturated rings. The normalized spacial score (nSPS) is 10.8. The predicted molar refractivity (Wildman–Crippen MR) is 99.1 cm³/mol. The average molecular weight is 384 g/mol. The van der Waals surface area contributed by atoms with Crippen LogP contribution in [-0.4, -0.2) is 32.2 Å². The molecule has 136 valence electrons. The van der Waals surface area contributed by atoms with E-state index in [9.17, 15) is 19.7 Å². The van der Waals surface area contributed by atoms with Gasteiger partial charge in [0, 0.05) is 18.2 Å². The van der Waals surface area contributed by atoms with Crippen molar-refractivity contribution >= 4 is 52.1 Å². The van der Waals surface area contributed by atoms with Crippen LogP contribution in [0.4, 0.5) is 11.4 Å². The van der Waals surface area contributed by atoms with Crippen LogP contribution < -0.4 is 5.32 Å². The lowest BCUT2D eigenvalue weighted by molar-refractivity contribution is -0.384. The molecule has 0 radical (unpaired) electrons. The number of nitrogens with one attached hydrogen (secondary N) is 1. The first-order chi connectivity index (χ1) is 13.0. The van der Waals surface area contributed by atoms with Crippen LogP contribution in [-0.2, 0) is 14.3 Å². The Morgan fingerprint density at radius 2 is 2.04 bits per heavy atom. The number of nitro groups is 1. The highest BCUT2D eigenvalue weighted by molar-refractivity contribution is 7.00. The van der Waals surface area contributed by atoms with E-state index in [1.54, 1.807) is 24.3 Å². The summed E-state index contributed by atoms with van der Waals surface area (Å²) in [5, 5.41) is 13.3. The maximum absolute atomic E-state index is 11.9. The van der Waals surface area contributed by atoms with Gasteiger partial charge >= 0.3 is 5.97 Å². The molecule has 0 atom stereocenters. The summed E-state index contributed by atoms with van der Waals surface area (Å²) >= 11 is 1.03. The van der Waals surface area contributed by atoms with E-state index < -0.39 is 23.4 Å². The van der Waals surface area contributed by atoms with Crippen LogP contribution in [0.15, 0.2) is 48.5 Å². The number of carbonyl (C=O) groups excluding carboxylic acids is 2. The number of esters is 1. The van der Waals surface area contributed by atoms with Crippen molar-refractivity contribution in [3.63, 3.8) is 0 Å². The third-order valence-corrected chi connectivity index (χ3v) is 3.94. The molecule has 0 unspecified atom stereocenters. The molecule has 9 nitrogen and oxygen atoms in total. The van der Waals surface area contributed by atoms with Crippen molar-refractivity contribution in [2.75, 3.05) is 11.9 Å². The van der Waals surface area contributed by atoms with Gasteiger partial charge in [-0.3, -0.25) is 14.9 Å². The number of hydrogen-bond donors (Lipinski definition) is 1. The minimum absolute atomic E-state index is 0.0874. The van der Waals surface area contributed by atoms with E-state index in [2.05, 4.69) is 14.1 Å². The van der Waals surface area contributed by atoms with Gasteiger partial charge in [-0.25, -0.2) is 4.79 Å². The highest BCUT2D eigenvalue weighted by Gasteiger charge is 2.10. The Morgan fingerprint density at radius 1 is 1.22 bits per heavy atom. The lowest BCUT2D eigenvalue weighted by Gasteiger charge is -2.05. The minimum atomic E-state index is -0.745. The second kappa shape index (κ2) is 8.15. The van der Waals surface area contributed by atoms with E-state index in [1.807, 2.05) is 0 Å². The third-order valence-electron chi connectivity index (χ3n) is 3.40. The first-order valence-corrected chi connectivity index (χ1v) is 8.36. The molecule has 1 heterocycles. The number of nitro benzene ring substituents is 1. The monoisotopic (exact) mass is 384 g/mol. The van der Waals surface area contributed by atoms with Gasteiger partial charge in [0.05, 0.1) is 22.3 Å². The lowest BCUT2D eigenvalue weighted by Crippen LogP contribution is -2.20. The first-order valence-electron chi connectivity index (χ1n) is 7.63. The Morgan fingerprint density at radius 3 is 2.85 bits per heavy atom. The molecule has 10 heteroatoms. The molecule has 0 saturated carbocycles. The molecule has 1 amide bonds. The summed E-state index contributed by atoms with van der Waals surface area (Å²) in [4.78, 5) is 33.9. The van der Waals surface area contributed by atoms with E-state index in [1.165, 1.54) is 24.3 Å². The standard InChI is InChI=1S/C17H12N4O5S/c22-15(18-13-5-2-6-14-17(13)20-27-19-14)10-26-16(23)8-7-11-3-1-4-12(9-11)21(24)25/h1-9H,10H2,(H,18,22)/b8-7+. The summed E-state index contributed by atoms with van der Waals surface area (Å²) in [5.74, 6) is -1.27. The summed E-state index contributed by atoms with van der Waals surface area (Å²) in [6, 6.07) is 10.9. The number of carbonyl (C=O) groups is 2. The van der Waals surface area contributed by atoms with E-state index in [-0.39, 0.29) is 5.69 Å². The zero-order valence-electron chi connectivity index (χ0n) is 13.7. The molecule has 0 saturated heterocycles. The zero-order chi connectivity index (χ0) is 19.2. The molecule has 0 aliphatic heterocycles. The number of rotatable bonds is 6. The number of amides is 1. The van der Waals surface area contributed by atoms with Crippen molar-refractivity contribution < 1.29 is 19.2 Å². The van der Waals surface area contributed by atoms with Crippen LogP contribution in [0.5, 0.6) is 0 Å². The quantitative estimate of drug-likeness (QED) is 0.300. The van der Waals surface area contributed by atoms with Gasteiger partial charge in [-0.15, -0.1) is 0 Å². The number of fused-ring (bicyclic) bond motifs is 1. The van der Waals surface area contributed by atoms with Crippen LogP contribution in [0.3, 0.4) is 0 Å². The molecular weight excluding hydrogens is 372 g/mol. The molecule has 0 bridgehead atoms. The molecule has 3 rings (SSSR count). The second-order valence-corrected chi connectivity index (χ2v) is 5.81. The SMILES string of the molecule is O=C(COC(=O)/C=C/c1cccc([N+](=O)[O-])c1)Nc1cccc2nsnc12. The number of hydrogen-bond acceptors (Lipinski definition) is 8. The van der Waals surface area contributed by atoms with Gasteiger partial charge < -0.3 is 10.1 Å². The summed E-state index contributed by atoms with van der Waals surface area (Å²) in [6.07, 6.45) is 2.46. The molecule has 0 aliphatic carbocycles. The van der Waals surface area contributed by atoms with Gasteiger partial charge in [0.2, 0.25) is 0 Å². The van der Waals surface area contributed by atoms with Crippen molar-refractivity contribution in [3.8, 4) is 0 Å². The zero-order valence-corrected chi connectivity index (χ0v) is 14.5. The van der Waals surface area contributed by atoms with Crippen LogP contribution in [0.2, 0.25) is 0 Å². The largest absolute Gasteiger partial charge is 0.452 e. The molecular formula is C17H12N4O5S. The van der Waals surface area contributed by atoms with E-state index >= 15 is 0 Å². The topological polar surface area (TPSA) is 124 Å². The summed E-state index contributed by atoms with van der Waals surface area (Å²) < 4.78 is 13.0. The first kappa shape index (κ1) is 18.1. The summed E-state index contributed by atoms with van der Waals surface area (Å²) in [6.45, 7) is -0.480. The third kappa shape index (κ3) is 4.70. The fourth-order valence-electron chi connectivity index (χ4n) is 2.18. The Hall–Kier alpha value is -3.66. The van der Waals surface area contributed by atoms with E-state index in [4.69, 9.17) is 4.74 Å². The van der Waals surface area contributed by atoms with Crippen LogP contribution >= 0.6 is 11.7 Å². The number of anilines is 1. The van der Waals surface area contributed by atoms with Gasteiger partial charge in [-0.05, 0) is 23.8 Å². The molecule has 0 aliphatic rings. The highest BCUT2D eigenvalue weighted by Crippen LogP contribution is 2.21. The molecule has 3 aromatic rings. The van der Waals surface area contributed by atoms with Crippen LogP contribution in [0.25, 0.3) is 17.1 Å². The van der Waals surface area contributed by atoms with E-state index in [0.29, 0.717) is 22.3 Å². The molecule has 0 spiro atoms. The number of nitrogens with zero attached hydrogens (tertiary/aromatic N) is 3. The average Bonchev–Trinajstić information content (AvgIpc) is 3.15. The predicted octanol–water partition coefficient (Wildman–Crippen LogP) is 2.79. The number of ether oxygens (including phenoxy) is 1. The summed E-state index contributed by atoms with van der Waals surface area (Å²) in [5.41, 5.74) is 2.08. The Labute approximate surface area is 156 Å². The number of benzene rings is 2. The second-order valence-electron chi connectivity index (χ2n) is 5.28. The van der Waals surface area contributed by atoms with Gasteiger partial charge in [-0.2, -0.15) is 8.75 Å². The Balaban J connectivity index is 1.54. The van der Waals surface area contributed by atoms with Crippen molar-refractivity contribution in [1.29, 1.82) is 0 Å². The van der Waals surface area contributed by atoms with Crippen molar-refractivity contribution in [2.24, 2.45) is 0 Å². The smallest absolute Gasteiger partial charge is 0.331 e. The molecule has 2 aromatic carbocycles. The fraction of sp³-hybridized carbons (Fsp3) is 0.0588. The van der Waals surface area contributed by atoms with Crippen LogP contribution in [0, 0.1) is 10.1 Å². The van der Waals surface area contributed by atoms with Gasteiger partial charge in [0.15, 0.2) is 6.61 Å². The molecule has 1 N–H and O–H groups in total.